The smallest absolute Gasteiger partial charge is 0.168 e. The number of ether oxygens (including phenoxy) is 1. The van der Waals surface area contributed by atoms with Gasteiger partial charge in [0.2, 0.25) is 0 Å². The predicted octanol–water partition coefficient (Wildman–Crippen LogP) is 3.56. The molecule has 0 aliphatic heterocycles. The van der Waals surface area contributed by atoms with Crippen molar-refractivity contribution in [3.8, 4) is 5.75 Å². The molecule has 0 aliphatic rings. The molecule has 0 bridgehead atoms. The van der Waals surface area contributed by atoms with Crippen molar-refractivity contribution in [2.24, 2.45) is 0 Å². The van der Waals surface area contributed by atoms with Crippen molar-refractivity contribution in [3.05, 3.63) is 58.9 Å². The van der Waals surface area contributed by atoms with Crippen LogP contribution in [0.25, 0.3) is 0 Å². The molecule has 1 aromatic heterocycles. The molecule has 0 fully saturated rings. The molecule has 0 saturated heterocycles. The first kappa shape index (κ1) is 13.6. The summed E-state index contributed by atoms with van der Waals surface area (Å²) in [6.45, 7) is 2.43. The van der Waals surface area contributed by atoms with Crippen molar-refractivity contribution in [1.82, 2.24) is 4.98 Å². The summed E-state index contributed by atoms with van der Waals surface area (Å²) < 4.78 is 5.33. The number of nitrogens with zero attached hydrogens (tertiary/aromatic N) is 1. The number of hydrogen-bond acceptors (Lipinski definition) is 3. The SMILES string of the molecule is CCOc1cncc(C(=O)Cc2ccccc2Cl)c1. The minimum Gasteiger partial charge on any atom is -0.492 e. The summed E-state index contributed by atoms with van der Waals surface area (Å²) in [5.74, 6) is 0.578. The second-order valence-corrected chi connectivity index (χ2v) is 4.44. The fraction of sp³-hybridized carbons (Fsp3) is 0.200. The molecule has 1 heterocycles. The number of benzene rings is 1. The van der Waals surface area contributed by atoms with Crippen LogP contribution in [0.1, 0.15) is 22.8 Å². The van der Waals surface area contributed by atoms with E-state index in [1.807, 2.05) is 25.1 Å². The molecule has 3 nitrogen and oxygen atoms in total. The lowest BCUT2D eigenvalue weighted by Gasteiger charge is -2.06. The first-order chi connectivity index (χ1) is 9.20. The van der Waals surface area contributed by atoms with Crippen LogP contribution >= 0.6 is 11.6 Å². The van der Waals surface area contributed by atoms with Gasteiger partial charge in [-0.15, -0.1) is 0 Å². The lowest BCUT2D eigenvalue weighted by molar-refractivity contribution is 0.0992. The van der Waals surface area contributed by atoms with Crippen LogP contribution in [-0.2, 0) is 6.42 Å². The number of carbonyl (C=O) groups is 1. The summed E-state index contributed by atoms with van der Waals surface area (Å²) >= 11 is 6.04. The molecule has 0 radical (unpaired) electrons. The second-order valence-electron chi connectivity index (χ2n) is 4.03. The zero-order chi connectivity index (χ0) is 13.7. The number of rotatable bonds is 5. The Morgan fingerprint density at radius 3 is 2.84 bits per heavy atom. The number of aromatic nitrogens is 1. The quantitative estimate of drug-likeness (QED) is 0.783. The van der Waals surface area contributed by atoms with Gasteiger partial charge in [-0.1, -0.05) is 29.8 Å². The Labute approximate surface area is 117 Å². The Hall–Kier alpha value is -1.87. The van der Waals surface area contributed by atoms with Crippen molar-refractivity contribution >= 4 is 17.4 Å². The number of Topliss-reactive ketones (excluding diaryl/α,β-unsaturated/α-hetero) is 1. The Bertz CT molecular complexity index is 584. The van der Waals surface area contributed by atoms with Crippen LogP contribution in [0.15, 0.2) is 42.7 Å². The molecular weight excluding hydrogens is 262 g/mol. The maximum Gasteiger partial charge on any atom is 0.168 e. The van der Waals surface area contributed by atoms with Crippen molar-refractivity contribution in [2.75, 3.05) is 6.61 Å². The standard InChI is InChI=1S/C15H14ClNO2/c1-2-19-13-7-12(9-17-10-13)15(18)8-11-5-3-4-6-14(11)16/h3-7,9-10H,2,8H2,1H3. The van der Waals surface area contributed by atoms with E-state index in [0.29, 0.717) is 22.9 Å². The summed E-state index contributed by atoms with van der Waals surface area (Å²) in [5, 5.41) is 0.602. The molecule has 19 heavy (non-hydrogen) atoms. The molecular formula is C15H14ClNO2. The second kappa shape index (κ2) is 6.34. The minimum absolute atomic E-state index is 0.0258. The number of carbonyl (C=O) groups excluding carboxylic acids is 1. The summed E-state index contributed by atoms with van der Waals surface area (Å²) in [5.41, 5.74) is 1.35. The number of pyridine rings is 1. The Morgan fingerprint density at radius 1 is 1.32 bits per heavy atom. The third-order valence-corrected chi connectivity index (χ3v) is 3.02. The molecule has 4 heteroatoms. The highest BCUT2D eigenvalue weighted by Gasteiger charge is 2.10. The molecule has 0 unspecified atom stereocenters. The fourth-order valence-corrected chi connectivity index (χ4v) is 1.94. The predicted molar refractivity (Wildman–Crippen MR) is 74.9 cm³/mol. The maximum absolute atomic E-state index is 12.2. The van der Waals surface area contributed by atoms with Gasteiger partial charge in [-0.2, -0.15) is 0 Å². The molecule has 98 valence electrons. The van der Waals surface area contributed by atoms with Gasteiger partial charge in [-0.05, 0) is 24.6 Å². The molecule has 0 N–H and O–H groups in total. The summed E-state index contributed by atoms with van der Waals surface area (Å²) in [7, 11) is 0. The van der Waals surface area contributed by atoms with E-state index in [1.54, 1.807) is 24.5 Å². The van der Waals surface area contributed by atoms with Gasteiger partial charge in [0.1, 0.15) is 5.75 Å². The van der Waals surface area contributed by atoms with Gasteiger partial charge in [0.05, 0.1) is 12.8 Å². The molecule has 2 rings (SSSR count). The molecule has 0 amide bonds. The summed E-state index contributed by atoms with van der Waals surface area (Å²) in [4.78, 5) is 16.2. The highest BCUT2D eigenvalue weighted by Crippen LogP contribution is 2.18. The lowest BCUT2D eigenvalue weighted by atomic mass is 10.0. The zero-order valence-corrected chi connectivity index (χ0v) is 11.4. The van der Waals surface area contributed by atoms with Crippen LogP contribution in [0.5, 0.6) is 5.75 Å². The Kier molecular flexibility index (Phi) is 4.53. The van der Waals surface area contributed by atoms with E-state index in [1.165, 1.54) is 0 Å². The van der Waals surface area contributed by atoms with E-state index in [0.717, 1.165) is 5.56 Å². The van der Waals surface area contributed by atoms with Gasteiger partial charge in [-0.3, -0.25) is 9.78 Å². The topological polar surface area (TPSA) is 39.2 Å². The average Bonchev–Trinajstić information content (AvgIpc) is 2.42. The minimum atomic E-state index is -0.0258. The van der Waals surface area contributed by atoms with E-state index >= 15 is 0 Å². The van der Waals surface area contributed by atoms with Gasteiger partial charge >= 0.3 is 0 Å². The van der Waals surface area contributed by atoms with E-state index < -0.39 is 0 Å². The number of halogens is 1. The molecule has 2 aromatic rings. The molecule has 0 saturated carbocycles. The van der Waals surface area contributed by atoms with E-state index in [4.69, 9.17) is 16.3 Å². The highest BCUT2D eigenvalue weighted by atomic mass is 35.5. The van der Waals surface area contributed by atoms with Crippen molar-refractivity contribution in [3.63, 3.8) is 0 Å². The van der Waals surface area contributed by atoms with Gasteiger partial charge in [0.15, 0.2) is 5.78 Å². The van der Waals surface area contributed by atoms with E-state index in [2.05, 4.69) is 4.98 Å². The van der Waals surface area contributed by atoms with Crippen molar-refractivity contribution < 1.29 is 9.53 Å². The largest absolute Gasteiger partial charge is 0.492 e. The van der Waals surface area contributed by atoms with Crippen LogP contribution < -0.4 is 4.74 Å². The van der Waals surface area contributed by atoms with Gasteiger partial charge in [0, 0.05) is 23.2 Å². The first-order valence-corrected chi connectivity index (χ1v) is 6.43. The van der Waals surface area contributed by atoms with Gasteiger partial charge in [0.25, 0.3) is 0 Å². The Morgan fingerprint density at radius 2 is 2.11 bits per heavy atom. The number of ketones is 1. The van der Waals surface area contributed by atoms with E-state index in [9.17, 15) is 4.79 Å². The lowest BCUT2D eigenvalue weighted by Crippen LogP contribution is -2.05. The molecule has 0 spiro atoms. The fourth-order valence-electron chi connectivity index (χ4n) is 1.73. The van der Waals surface area contributed by atoms with Crippen LogP contribution in [0.3, 0.4) is 0 Å². The summed E-state index contributed by atoms with van der Waals surface area (Å²) in [6, 6.07) is 9.03. The zero-order valence-electron chi connectivity index (χ0n) is 10.6. The molecule has 0 aliphatic carbocycles. The van der Waals surface area contributed by atoms with Crippen LogP contribution in [0.2, 0.25) is 5.02 Å². The number of hydrogen-bond donors (Lipinski definition) is 0. The summed E-state index contributed by atoms with van der Waals surface area (Å²) in [6.07, 6.45) is 3.40. The van der Waals surface area contributed by atoms with Crippen molar-refractivity contribution in [2.45, 2.75) is 13.3 Å². The third kappa shape index (κ3) is 3.55. The molecule has 0 atom stereocenters. The van der Waals surface area contributed by atoms with E-state index in [-0.39, 0.29) is 12.2 Å². The average molecular weight is 276 g/mol. The van der Waals surface area contributed by atoms with Crippen LogP contribution in [0, 0.1) is 0 Å². The third-order valence-electron chi connectivity index (χ3n) is 2.65. The Balaban J connectivity index is 2.16. The monoisotopic (exact) mass is 275 g/mol. The van der Waals surface area contributed by atoms with Crippen molar-refractivity contribution in [1.29, 1.82) is 0 Å². The van der Waals surface area contributed by atoms with Gasteiger partial charge in [-0.25, -0.2) is 0 Å². The van der Waals surface area contributed by atoms with Crippen LogP contribution in [-0.4, -0.2) is 17.4 Å². The van der Waals surface area contributed by atoms with Gasteiger partial charge < -0.3 is 4.74 Å². The van der Waals surface area contributed by atoms with Crippen LogP contribution in [0.4, 0.5) is 0 Å². The maximum atomic E-state index is 12.2. The first-order valence-electron chi connectivity index (χ1n) is 6.05. The normalized spacial score (nSPS) is 10.2. The molecule has 1 aromatic carbocycles. The highest BCUT2D eigenvalue weighted by molar-refractivity contribution is 6.31.